The minimum Gasteiger partial charge on any atom is -0.309 e. The number of nitrogens with zero attached hydrogens (tertiary/aromatic N) is 2. The molecule has 1 aliphatic rings. The standard InChI is InChI=1S/C60H77ClN2S/c1-54(2,3)38-21-20-22-43(30-38)62(45-31-40(56(7,8)9)29-41(32-45)57(10,11)12)49-34-42(58(13,14)15)35-50(53(49)61)63(51-37-64-52-26-23-39(33-46(51)52)55(4,5)6)44-24-25-47-48(36-44)60(18,19)28-27-59(47,16)17/h20-26,29-37H,27-28H2,1-19H3. The van der Waals surface area contributed by atoms with E-state index in [1.165, 1.54) is 55.5 Å². The van der Waals surface area contributed by atoms with Crippen molar-refractivity contribution in [2.45, 2.75) is 182 Å². The van der Waals surface area contributed by atoms with Crippen LogP contribution in [0.4, 0.5) is 34.1 Å². The van der Waals surface area contributed by atoms with E-state index >= 15 is 0 Å². The van der Waals surface area contributed by atoms with Crippen LogP contribution < -0.4 is 9.80 Å². The first-order chi connectivity index (χ1) is 29.3. The van der Waals surface area contributed by atoms with Gasteiger partial charge in [0, 0.05) is 32.5 Å². The molecule has 0 amide bonds. The Bertz CT molecular complexity index is 2680. The highest BCUT2D eigenvalue weighted by atomic mass is 35.5. The molecule has 0 spiro atoms. The van der Waals surface area contributed by atoms with Crippen molar-refractivity contribution < 1.29 is 0 Å². The van der Waals surface area contributed by atoms with E-state index in [1.807, 2.05) is 11.3 Å². The Kier molecular flexibility index (Phi) is 12.0. The fraction of sp³-hybridized carbons (Fsp3) is 0.467. The molecule has 0 aliphatic heterocycles. The highest BCUT2D eigenvalue weighted by molar-refractivity contribution is 7.17. The number of hydrogen-bond donors (Lipinski definition) is 0. The molecule has 2 nitrogen and oxygen atoms in total. The largest absolute Gasteiger partial charge is 0.309 e. The molecule has 1 heterocycles. The molecular formula is C60H77ClN2S. The molecular weight excluding hydrogens is 816 g/mol. The Morgan fingerprint density at radius 2 is 0.906 bits per heavy atom. The zero-order valence-corrected chi connectivity index (χ0v) is 44.4. The van der Waals surface area contributed by atoms with Gasteiger partial charge in [0.15, 0.2) is 0 Å². The lowest BCUT2D eigenvalue weighted by molar-refractivity contribution is 0.332. The number of thiophene rings is 1. The number of halogens is 1. The lowest BCUT2D eigenvalue weighted by Crippen LogP contribution is -2.34. The van der Waals surface area contributed by atoms with Crippen molar-refractivity contribution in [2.24, 2.45) is 0 Å². The van der Waals surface area contributed by atoms with Gasteiger partial charge < -0.3 is 9.80 Å². The minimum atomic E-state index is -0.194. The Balaban J connectivity index is 1.63. The van der Waals surface area contributed by atoms with Gasteiger partial charge in [0.1, 0.15) is 0 Å². The molecule has 7 rings (SSSR count). The first-order valence-corrected chi connectivity index (χ1v) is 24.9. The van der Waals surface area contributed by atoms with Crippen molar-refractivity contribution in [2.75, 3.05) is 9.80 Å². The molecule has 0 saturated heterocycles. The Morgan fingerprint density at radius 1 is 0.438 bits per heavy atom. The molecule has 0 fully saturated rings. The third-order valence-corrected chi connectivity index (χ3v) is 15.4. The summed E-state index contributed by atoms with van der Waals surface area (Å²) in [5.74, 6) is 0. The molecule has 4 heteroatoms. The summed E-state index contributed by atoms with van der Waals surface area (Å²) in [4.78, 5) is 4.96. The second-order valence-electron chi connectivity index (χ2n) is 25.4. The van der Waals surface area contributed by atoms with Crippen molar-refractivity contribution in [1.82, 2.24) is 0 Å². The maximum Gasteiger partial charge on any atom is 0.0887 e. The smallest absolute Gasteiger partial charge is 0.0887 e. The Labute approximate surface area is 397 Å². The van der Waals surface area contributed by atoms with Crippen LogP contribution in [0.5, 0.6) is 0 Å². The molecule has 1 aliphatic carbocycles. The van der Waals surface area contributed by atoms with Crippen LogP contribution in [0.25, 0.3) is 10.1 Å². The monoisotopic (exact) mass is 893 g/mol. The summed E-state index contributed by atoms with van der Waals surface area (Å²) in [5.41, 5.74) is 15.5. The number of fused-ring (bicyclic) bond motifs is 2. The Morgan fingerprint density at radius 3 is 1.45 bits per heavy atom. The zero-order chi connectivity index (χ0) is 47.3. The summed E-state index contributed by atoms with van der Waals surface area (Å²) in [6.45, 7) is 44.4. The summed E-state index contributed by atoms with van der Waals surface area (Å²) >= 11 is 10.1. The predicted octanol–water partition coefficient (Wildman–Crippen LogP) is 19.3. The van der Waals surface area contributed by atoms with E-state index in [0.29, 0.717) is 0 Å². The maximum atomic E-state index is 8.30. The maximum absolute atomic E-state index is 8.30. The topological polar surface area (TPSA) is 6.48 Å². The molecule has 0 unspecified atom stereocenters. The number of anilines is 6. The van der Waals surface area contributed by atoms with E-state index in [1.54, 1.807) is 0 Å². The van der Waals surface area contributed by atoms with Crippen LogP contribution in [0.1, 0.15) is 183 Å². The summed E-state index contributed by atoms with van der Waals surface area (Å²) < 4.78 is 1.27. The van der Waals surface area contributed by atoms with Gasteiger partial charge >= 0.3 is 0 Å². The Hall–Kier alpha value is -4.05. The molecule has 340 valence electrons. The van der Waals surface area contributed by atoms with Crippen molar-refractivity contribution >= 4 is 67.1 Å². The van der Waals surface area contributed by atoms with Crippen molar-refractivity contribution in [3.8, 4) is 0 Å². The normalized spacial score (nSPS) is 15.6. The van der Waals surface area contributed by atoms with Crippen molar-refractivity contribution in [3.05, 3.63) is 140 Å². The molecule has 5 aromatic carbocycles. The van der Waals surface area contributed by atoms with Crippen LogP contribution in [-0.4, -0.2) is 0 Å². The van der Waals surface area contributed by atoms with E-state index in [9.17, 15) is 0 Å². The molecule has 0 radical (unpaired) electrons. The summed E-state index contributed by atoms with van der Waals surface area (Å²) in [6.07, 6.45) is 2.31. The third kappa shape index (κ3) is 9.33. The van der Waals surface area contributed by atoms with Crippen LogP contribution in [0, 0.1) is 0 Å². The molecule has 6 aromatic rings. The summed E-state index contributed by atoms with van der Waals surface area (Å²) in [5, 5.41) is 4.32. The fourth-order valence-electron chi connectivity index (χ4n) is 9.28. The molecule has 0 atom stereocenters. The van der Waals surface area contributed by atoms with E-state index in [2.05, 4.69) is 238 Å². The van der Waals surface area contributed by atoms with E-state index < -0.39 is 0 Å². The summed E-state index contributed by atoms with van der Waals surface area (Å²) in [6, 6.07) is 35.5. The van der Waals surface area contributed by atoms with Crippen LogP contribution in [0.15, 0.2) is 96.4 Å². The van der Waals surface area contributed by atoms with E-state index in [-0.39, 0.29) is 37.9 Å². The average molecular weight is 894 g/mol. The van der Waals surface area contributed by atoms with Gasteiger partial charge in [-0.1, -0.05) is 173 Å². The van der Waals surface area contributed by atoms with E-state index in [4.69, 9.17) is 11.6 Å². The van der Waals surface area contributed by atoms with Crippen LogP contribution in [0.3, 0.4) is 0 Å². The van der Waals surface area contributed by atoms with Gasteiger partial charge in [-0.2, -0.15) is 0 Å². The van der Waals surface area contributed by atoms with Crippen LogP contribution >= 0.6 is 22.9 Å². The summed E-state index contributed by atoms with van der Waals surface area (Å²) in [7, 11) is 0. The average Bonchev–Trinajstić information content (AvgIpc) is 3.59. The van der Waals surface area contributed by atoms with Gasteiger partial charge in [0.25, 0.3) is 0 Å². The second-order valence-corrected chi connectivity index (χ2v) is 26.7. The van der Waals surface area contributed by atoms with Crippen molar-refractivity contribution in [3.63, 3.8) is 0 Å². The predicted molar refractivity (Wildman–Crippen MR) is 285 cm³/mol. The third-order valence-electron chi connectivity index (χ3n) is 14.0. The SMILES string of the molecule is CC(C)(C)c1cccc(N(c2cc(C(C)(C)C)cc(C(C)(C)C)c2)c2cc(C(C)(C)C)cc(N(c3ccc4c(c3)C(C)(C)CCC4(C)C)c3csc4ccc(C(C)(C)C)cc34)c2Cl)c1. The molecule has 0 N–H and O–H groups in total. The van der Waals surface area contributed by atoms with Gasteiger partial charge in [0.2, 0.25) is 0 Å². The molecule has 0 bridgehead atoms. The minimum absolute atomic E-state index is 0.00773. The highest BCUT2D eigenvalue weighted by Crippen LogP contribution is 2.54. The van der Waals surface area contributed by atoms with Gasteiger partial charge in [-0.25, -0.2) is 0 Å². The molecule has 0 saturated carbocycles. The van der Waals surface area contributed by atoms with Gasteiger partial charge in [-0.3, -0.25) is 0 Å². The van der Waals surface area contributed by atoms with Crippen LogP contribution in [0.2, 0.25) is 5.02 Å². The van der Waals surface area contributed by atoms with Crippen LogP contribution in [-0.2, 0) is 37.9 Å². The number of benzene rings is 5. The van der Waals surface area contributed by atoms with Gasteiger partial charge in [-0.15, -0.1) is 11.3 Å². The first-order valence-electron chi connectivity index (χ1n) is 23.7. The lowest BCUT2D eigenvalue weighted by atomic mass is 9.63. The van der Waals surface area contributed by atoms with Crippen molar-refractivity contribution in [1.29, 1.82) is 0 Å². The lowest BCUT2D eigenvalue weighted by Gasteiger charge is -2.42. The fourth-order valence-corrected chi connectivity index (χ4v) is 10.5. The number of rotatable bonds is 6. The van der Waals surface area contributed by atoms with Gasteiger partial charge in [0.05, 0.1) is 22.1 Å². The first kappa shape index (κ1) is 47.9. The quantitative estimate of drug-likeness (QED) is 0.164. The molecule has 1 aromatic heterocycles. The van der Waals surface area contributed by atoms with Gasteiger partial charge in [-0.05, 0) is 150 Å². The number of hydrogen-bond acceptors (Lipinski definition) is 3. The second kappa shape index (κ2) is 16.1. The highest BCUT2D eigenvalue weighted by Gasteiger charge is 2.38. The van der Waals surface area contributed by atoms with E-state index in [0.717, 1.165) is 45.6 Å². The zero-order valence-electron chi connectivity index (χ0n) is 42.8. The molecule has 64 heavy (non-hydrogen) atoms.